The van der Waals surface area contributed by atoms with Gasteiger partial charge in [0.25, 0.3) is 0 Å². The molecule has 2 saturated heterocycles. The van der Waals surface area contributed by atoms with Gasteiger partial charge in [0.05, 0.1) is 13.2 Å². The predicted octanol–water partition coefficient (Wildman–Crippen LogP) is 2.19. The van der Waals surface area contributed by atoms with Crippen LogP contribution in [0.3, 0.4) is 0 Å². The van der Waals surface area contributed by atoms with Crippen LogP contribution in [0.4, 0.5) is 0 Å². The van der Waals surface area contributed by atoms with Crippen LogP contribution in [0.15, 0.2) is 0 Å². The first kappa shape index (κ1) is 9.01. The van der Waals surface area contributed by atoms with E-state index in [9.17, 15) is 0 Å². The Kier molecular flexibility index (Phi) is 2.90. The predicted molar refractivity (Wildman–Crippen MR) is 44.4 cm³/mol. The molecule has 66 valence electrons. The summed E-state index contributed by atoms with van der Waals surface area (Å²) in [6.07, 6.45) is 2.48. The molecule has 0 unspecified atom stereocenters. The van der Waals surface area contributed by atoms with Gasteiger partial charge in [-0.05, 0) is 12.8 Å². The Morgan fingerprint density at radius 3 is 1.91 bits per heavy atom. The Morgan fingerprint density at radius 1 is 1.09 bits per heavy atom. The molecule has 0 amide bonds. The van der Waals surface area contributed by atoms with Gasteiger partial charge in [-0.2, -0.15) is 0 Å². The average Bonchev–Trinajstić information content (AvgIpc) is 2.49. The third kappa shape index (κ3) is 1.57. The van der Waals surface area contributed by atoms with Crippen molar-refractivity contribution in [2.45, 2.75) is 39.9 Å². The third-order valence-electron chi connectivity index (χ3n) is 2.45. The molecule has 0 spiro atoms. The maximum absolute atomic E-state index is 5.36. The fourth-order valence-corrected chi connectivity index (χ4v) is 1.61. The lowest BCUT2D eigenvalue weighted by molar-refractivity contribution is -0.107. The van der Waals surface area contributed by atoms with Gasteiger partial charge in [0.1, 0.15) is 0 Å². The second-order valence-electron chi connectivity index (χ2n) is 3.23. The van der Waals surface area contributed by atoms with Crippen LogP contribution in [0.5, 0.6) is 0 Å². The van der Waals surface area contributed by atoms with Gasteiger partial charge in [0, 0.05) is 5.41 Å². The molecule has 2 rings (SSSR count). The van der Waals surface area contributed by atoms with E-state index in [4.69, 9.17) is 9.47 Å². The number of fused-ring (bicyclic) bond motifs is 1. The minimum absolute atomic E-state index is 0.123. The van der Waals surface area contributed by atoms with E-state index < -0.39 is 0 Å². The molecule has 2 aliphatic heterocycles. The Morgan fingerprint density at radius 2 is 1.55 bits per heavy atom. The van der Waals surface area contributed by atoms with E-state index in [2.05, 4.69) is 6.92 Å². The van der Waals surface area contributed by atoms with Gasteiger partial charge < -0.3 is 9.47 Å². The zero-order valence-electron chi connectivity index (χ0n) is 7.72. The summed E-state index contributed by atoms with van der Waals surface area (Å²) < 4.78 is 10.7. The molecule has 0 bridgehead atoms. The molecule has 0 aromatic carbocycles. The highest BCUT2D eigenvalue weighted by Gasteiger charge is 2.44. The molecule has 2 aliphatic rings. The van der Waals surface area contributed by atoms with Gasteiger partial charge in [0.2, 0.25) is 0 Å². The SMILES string of the molecule is CC.CC12CCOC1OCC2. The summed E-state index contributed by atoms with van der Waals surface area (Å²) in [5, 5.41) is 0. The normalized spacial score (nSPS) is 41.2. The largest absolute Gasteiger partial charge is 0.352 e. The molecule has 2 fully saturated rings. The lowest BCUT2D eigenvalue weighted by Gasteiger charge is -2.18. The minimum Gasteiger partial charge on any atom is -0.352 e. The molecule has 11 heavy (non-hydrogen) atoms. The first-order valence-electron chi connectivity index (χ1n) is 4.54. The third-order valence-corrected chi connectivity index (χ3v) is 2.45. The van der Waals surface area contributed by atoms with E-state index in [1.807, 2.05) is 13.8 Å². The Balaban J connectivity index is 0.000000281. The monoisotopic (exact) mass is 158 g/mol. The van der Waals surface area contributed by atoms with Crippen molar-refractivity contribution in [2.24, 2.45) is 5.41 Å². The van der Waals surface area contributed by atoms with Crippen molar-refractivity contribution < 1.29 is 9.47 Å². The van der Waals surface area contributed by atoms with Crippen molar-refractivity contribution in [3.8, 4) is 0 Å². The molecule has 0 radical (unpaired) electrons. The summed E-state index contributed by atoms with van der Waals surface area (Å²) in [6, 6.07) is 0. The zero-order valence-corrected chi connectivity index (χ0v) is 7.72. The number of rotatable bonds is 0. The van der Waals surface area contributed by atoms with Crippen molar-refractivity contribution in [1.29, 1.82) is 0 Å². The Hall–Kier alpha value is -0.0800. The Labute approximate surface area is 68.9 Å². The van der Waals surface area contributed by atoms with Crippen LogP contribution >= 0.6 is 0 Å². The van der Waals surface area contributed by atoms with Gasteiger partial charge >= 0.3 is 0 Å². The van der Waals surface area contributed by atoms with Crippen molar-refractivity contribution in [1.82, 2.24) is 0 Å². The van der Waals surface area contributed by atoms with E-state index in [0.717, 1.165) is 13.2 Å². The van der Waals surface area contributed by atoms with Crippen LogP contribution in [-0.4, -0.2) is 19.5 Å². The topological polar surface area (TPSA) is 18.5 Å². The number of hydrogen-bond acceptors (Lipinski definition) is 2. The molecule has 2 nitrogen and oxygen atoms in total. The highest BCUT2D eigenvalue weighted by atomic mass is 16.7. The van der Waals surface area contributed by atoms with Crippen LogP contribution in [-0.2, 0) is 9.47 Å². The van der Waals surface area contributed by atoms with Gasteiger partial charge in [-0.15, -0.1) is 0 Å². The maximum atomic E-state index is 5.36. The van der Waals surface area contributed by atoms with Crippen LogP contribution < -0.4 is 0 Å². The zero-order chi connectivity index (χ0) is 8.32. The van der Waals surface area contributed by atoms with E-state index in [0.29, 0.717) is 5.41 Å². The standard InChI is InChI=1S/C7H12O2.C2H6/c1-7-2-4-8-6(7)9-5-3-7;1-2/h6H,2-5H2,1H3;1-2H3. The van der Waals surface area contributed by atoms with Crippen LogP contribution in [0.25, 0.3) is 0 Å². The molecule has 0 aromatic heterocycles. The fourth-order valence-electron chi connectivity index (χ4n) is 1.61. The summed E-state index contributed by atoms with van der Waals surface area (Å²) in [6.45, 7) is 8.03. The van der Waals surface area contributed by atoms with Gasteiger partial charge in [-0.25, -0.2) is 0 Å². The molecule has 0 saturated carbocycles. The van der Waals surface area contributed by atoms with Gasteiger partial charge in [-0.1, -0.05) is 20.8 Å². The fraction of sp³-hybridized carbons (Fsp3) is 1.00. The lowest BCUT2D eigenvalue weighted by Crippen LogP contribution is -2.21. The van der Waals surface area contributed by atoms with Gasteiger partial charge in [0.15, 0.2) is 6.29 Å². The highest BCUT2D eigenvalue weighted by molar-refractivity contribution is 4.86. The van der Waals surface area contributed by atoms with Crippen molar-refractivity contribution >= 4 is 0 Å². The first-order valence-corrected chi connectivity index (χ1v) is 4.54. The molecular formula is C9H18O2. The van der Waals surface area contributed by atoms with E-state index in [1.54, 1.807) is 0 Å². The molecule has 2 heteroatoms. The van der Waals surface area contributed by atoms with Crippen LogP contribution in [0.2, 0.25) is 0 Å². The molecule has 2 heterocycles. The quantitative estimate of drug-likeness (QED) is 0.538. The van der Waals surface area contributed by atoms with Crippen LogP contribution in [0.1, 0.15) is 33.6 Å². The molecule has 0 N–H and O–H groups in total. The number of ether oxygens (including phenoxy) is 2. The van der Waals surface area contributed by atoms with E-state index in [-0.39, 0.29) is 6.29 Å². The van der Waals surface area contributed by atoms with E-state index >= 15 is 0 Å². The molecule has 0 atom stereocenters. The minimum atomic E-state index is 0.123. The summed E-state index contributed by atoms with van der Waals surface area (Å²) in [5.74, 6) is 0. The van der Waals surface area contributed by atoms with E-state index in [1.165, 1.54) is 12.8 Å². The van der Waals surface area contributed by atoms with Crippen molar-refractivity contribution in [3.63, 3.8) is 0 Å². The highest BCUT2D eigenvalue weighted by Crippen LogP contribution is 2.42. The molecule has 0 aromatic rings. The maximum Gasteiger partial charge on any atom is 0.163 e. The smallest absolute Gasteiger partial charge is 0.163 e. The average molecular weight is 158 g/mol. The summed E-state index contributed by atoms with van der Waals surface area (Å²) in [5.41, 5.74) is 0.361. The summed E-state index contributed by atoms with van der Waals surface area (Å²) >= 11 is 0. The van der Waals surface area contributed by atoms with Gasteiger partial charge in [-0.3, -0.25) is 0 Å². The van der Waals surface area contributed by atoms with Crippen LogP contribution in [0, 0.1) is 5.41 Å². The number of hydrogen-bond donors (Lipinski definition) is 0. The first-order chi connectivity index (χ1) is 5.31. The Bertz CT molecular complexity index is 113. The second-order valence-corrected chi connectivity index (χ2v) is 3.23. The lowest BCUT2D eigenvalue weighted by atomic mass is 9.87. The van der Waals surface area contributed by atoms with Crippen molar-refractivity contribution in [2.75, 3.05) is 13.2 Å². The summed E-state index contributed by atoms with van der Waals surface area (Å²) in [4.78, 5) is 0. The molecular weight excluding hydrogens is 140 g/mol. The second kappa shape index (κ2) is 3.55. The summed E-state index contributed by atoms with van der Waals surface area (Å²) in [7, 11) is 0. The molecule has 0 aliphatic carbocycles. The van der Waals surface area contributed by atoms with Crippen molar-refractivity contribution in [3.05, 3.63) is 0 Å².